The zero-order chi connectivity index (χ0) is 16.2. The summed E-state index contributed by atoms with van der Waals surface area (Å²) < 4.78 is 10.8. The Morgan fingerprint density at radius 2 is 2.35 bits per heavy atom. The molecule has 124 valence electrons. The van der Waals surface area contributed by atoms with Gasteiger partial charge in [-0.15, -0.1) is 0 Å². The largest absolute Gasteiger partial charge is 0.467 e. The van der Waals surface area contributed by atoms with Crippen molar-refractivity contribution in [1.29, 1.82) is 0 Å². The van der Waals surface area contributed by atoms with Crippen molar-refractivity contribution >= 4 is 5.91 Å². The highest BCUT2D eigenvalue weighted by Crippen LogP contribution is 2.28. The topological polar surface area (TPSA) is 59.5 Å². The van der Waals surface area contributed by atoms with Crippen LogP contribution in [-0.4, -0.2) is 22.5 Å². The van der Waals surface area contributed by atoms with Crippen molar-refractivity contribution in [3.8, 4) is 0 Å². The fourth-order valence-corrected chi connectivity index (χ4v) is 3.09. The summed E-state index contributed by atoms with van der Waals surface area (Å²) in [5.41, 5.74) is 1.50. The highest BCUT2D eigenvalue weighted by Gasteiger charge is 2.29. The molecule has 2 aromatic heterocycles. The first-order valence-corrected chi connectivity index (χ1v) is 8.48. The molecule has 0 saturated heterocycles. The number of aromatic nitrogens is 1. The van der Waals surface area contributed by atoms with Crippen LogP contribution in [0.1, 0.15) is 60.7 Å². The molecular weight excluding hydrogens is 292 g/mol. The highest BCUT2D eigenvalue weighted by molar-refractivity contribution is 5.93. The summed E-state index contributed by atoms with van der Waals surface area (Å²) in [6.45, 7) is 5.51. The molecule has 0 aliphatic heterocycles. The van der Waals surface area contributed by atoms with Crippen molar-refractivity contribution in [3.63, 3.8) is 0 Å². The van der Waals surface area contributed by atoms with Gasteiger partial charge in [0.2, 0.25) is 0 Å². The Hall–Kier alpha value is -2.04. The number of fused-ring (bicyclic) bond motifs is 1. The number of hydrogen-bond donors (Lipinski definition) is 0. The lowest BCUT2D eigenvalue weighted by molar-refractivity contribution is 0.0717. The first-order valence-electron chi connectivity index (χ1n) is 8.48. The van der Waals surface area contributed by atoms with Gasteiger partial charge in [0.1, 0.15) is 11.5 Å². The summed E-state index contributed by atoms with van der Waals surface area (Å²) in [4.78, 5) is 14.8. The van der Waals surface area contributed by atoms with Gasteiger partial charge in [-0.3, -0.25) is 4.79 Å². The Labute approximate surface area is 136 Å². The molecule has 0 bridgehead atoms. The summed E-state index contributed by atoms with van der Waals surface area (Å²) in [6.07, 6.45) is 6.49. The number of carbonyl (C=O) groups is 1. The van der Waals surface area contributed by atoms with Crippen molar-refractivity contribution in [1.82, 2.24) is 10.1 Å². The van der Waals surface area contributed by atoms with E-state index in [1.807, 2.05) is 17.0 Å². The summed E-state index contributed by atoms with van der Waals surface area (Å²) in [5, 5.41) is 4.09. The van der Waals surface area contributed by atoms with Crippen LogP contribution in [0.25, 0.3) is 0 Å². The van der Waals surface area contributed by atoms with E-state index in [2.05, 4.69) is 19.0 Å². The van der Waals surface area contributed by atoms with E-state index in [1.165, 1.54) is 0 Å². The predicted octanol–water partition coefficient (Wildman–Crippen LogP) is 3.83. The van der Waals surface area contributed by atoms with E-state index < -0.39 is 0 Å². The van der Waals surface area contributed by atoms with E-state index in [4.69, 9.17) is 8.94 Å². The molecule has 1 amide bonds. The molecule has 1 atom stereocenters. The maximum atomic E-state index is 13.0. The summed E-state index contributed by atoms with van der Waals surface area (Å²) in [7, 11) is 0. The number of rotatable bonds is 6. The average Bonchev–Trinajstić information content (AvgIpc) is 3.19. The number of furan rings is 1. The smallest absolute Gasteiger partial charge is 0.276 e. The van der Waals surface area contributed by atoms with Crippen LogP contribution in [0.3, 0.4) is 0 Å². The quantitative estimate of drug-likeness (QED) is 0.812. The molecule has 3 rings (SSSR count). The third-order valence-electron chi connectivity index (χ3n) is 4.48. The summed E-state index contributed by atoms with van der Waals surface area (Å²) in [5.74, 6) is 2.21. The van der Waals surface area contributed by atoms with Gasteiger partial charge in [0.05, 0.1) is 12.8 Å². The normalized spacial score (nSPS) is 17.0. The zero-order valence-corrected chi connectivity index (χ0v) is 13.9. The standard InChI is InChI=1S/C18H24N2O3/c1-3-4-9-20(12-14-6-5-10-22-14)18(21)17-15-11-13(2)7-8-16(15)23-19-17/h5-6,10,13H,3-4,7-9,11-12H2,1-2H3. The number of amides is 1. The van der Waals surface area contributed by atoms with Gasteiger partial charge in [-0.25, -0.2) is 0 Å². The summed E-state index contributed by atoms with van der Waals surface area (Å²) >= 11 is 0. The van der Waals surface area contributed by atoms with Crippen molar-refractivity contribution < 1.29 is 13.7 Å². The zero-order valence-electron chi connectivity index (χ0n) is 13.9. The number of aryl methyl sites for hydroxylation is 1. The Bertz CT molecular complexity index is 645. The fraction of sp³-hybridized carbons (Fsp3) is 0.556. The van der Waals surface area contributed by atoms with E-state index in [1.54, 1.807) is 6.26 Å². The van der Waals surface area contributed by atoms with Crippen LogP contribution in [0.2, 0.25) is 0 Å². The van der Waals surface area contributed by atoms with E-state index in [9.17, 15) is 4.79 Å². The Balaban J connectivity index is 1.81. The lowest BCUT2D eigenvalue weighted by atomic mass is 9.88. The van der Waals surface area contributed by atoms with Gasteiger partial charge < -0.3 is 13.8 Å². The second-order valence-corrected chi connectivity index (χ2v) is 6.44. The van der Waals surface area contributed by atoms with Gasteiger partial charge in [0, 0.05) is 18.5 Å². The third-order valence-corrected chi connectivity index (χ3v) is 4.48. The van der Waals surface area contributed by atoms with Crippen LogP contribution >= 0.6 is 0 Å². The van der Waals surface area contributed by atoms with Crippen molar-refractivity contribution in [2.75, 3.05) is 6.54 Å². The van der Waals surface area contributed by atoms with Crippen LogP contribution < -0.4 is 0 Å². The van der Waals surface area contributed by atoms with Gasteiger partial charge in [0.15, 0.2) is 5.69 Å². The monoisotopic (exact) mass is 316 g/mol. The van der Waals surface area contributed by atoms with E-state index >= 15 is 0 Å². The van der Waals surface area contributed by atoms with Crippen LogP contribution in [0.4, 0.5) is 0 Å². The molecule has 1 aliphatic carbocycles. The number of unbranched alkanes of at least 4 members (excludes halogenated alkanes) is 1. The summed E-state index contributed by atoms with van der Waals surface area (Å²) in [6, 6.07) is 3.74. The molecule has 0 fully saturated rings. The molecule has 5 heteroatoms. The van der Waals surface area contributed by atoms with Gasteiger partial charge >= 0.3 is 0 Å². The highest BCUT2D eigenvalue weighted by atomic mass is 16.5. The molecule has 0 radical (unpaired) electrons. The number of hydrogen-bond acceptors (Lipinski definition) is 4. The molecule has 2 aromatic rings. The molecule has 23 heavy (non-hydrogen) atoms. The van der Waals surface area contributed by atoms with Gasteiger partial charge in [0.25, 0.3) is 5.91 Å². The molecule has 1 aliphatic rings. The maximum absolute atomic E-state index is 13.0. The van der Waals surface area contributed by atoms with Crippen LogP contribution in [-0.2, 0) is 19.4 Å². The number of carbonyl (C=O) groups excluding carboxylic acids is 1. The molecule has 2 heterocycles. The Morgan fingerprint density at radius 3 is 3.09 bits per heavy atom. The Kier molecular flexibility index (Phi) is 4.84. The van der Waals surface area contributed by atoms with Gasteiger partial charge in [-0.2, -0.15) is 0 Å². The molecule has 0 N–H and O–H groups in total. The molecule has 0 spiro atoms. The van der Waals surface area contributed by atoms with Crippen molar-refractivity contribution in [2.45, 2.75) is 52.5 Å². The minimum absolute atomic E-state index is 0.0473. The van der Waals surface area contributed by atoms with Crippen LogP contribution in [0, 0.1) is 5.92 Å². The van der Waals surface area contributed by atoms with E-state index in [0.29, 0.717) is 24.7 Å². The second-order valence-electron chi connectivity index (χ2n) is 6.44. The van der Waals surface area contributed by atoms with Crippen molar-refractivity contribution in [3.05, 3.63) is 41.2 Å². The molecule has 0 saturated carbocycles. The molecule has 5 nitrogen and oxygen atoms in total. The van der Waals surface area contributed by atoms with Crippen molar-refractivity contribution in [2.24, 2.45) is 5.92 Å². The lowest BCUT2D eigenvalue weighted by Crippen LogP contribution is -2.32. The molecule has 1 unspecified atom stereocenters. The predicted molar refractivity (Wildman–Crippen MR) is 86.0 cm³/mol. The first kappa shape index (κ1) is 15.8. The SMILES string of the molecule is CCCCN(Cc1ccco1)C(=O)c1noc2c1CC(C)CC2. The van der Waals surface area contributed by atoms with E-state index in [-0.39, 0.29) is 5.91 Å². The molecular formula is C18H24N2O3. The first-order chi connectivity index (χ1) is 11.2. The maximum Gasteiger partial charge on any atom is 0.276 e. The Morgan fingerprint density at radius 1 is 1.48 bits per heavy atom. The fourth-order valence-electron chi connectivity index (χ4n) is 3.09. The van der Waals surface area contributed by atoms with Gasteiger partial charge in [-0.05, 0) is 37.3 Å². The minimum atomic E-state index is -0.0473. The van der Waals surface area contributed by atoms with Crippen LogP contribution in [0.5, 0.6) is 0 Å². The van der Waals surface area contributed by atoms with Gasteiger partial charge in [-0.1, -0.05) is 25.4 Å². The molecule has 0 aromatic carbocycles. The van der Waals surface area contributed by atoms with E-state index in [0.717, 1.165) is 49.2 Å². The third kappa shape index (κ3) is 3.49. The second kappa shape index (κ2) is 7.02. The minimum Gasteiger partial charge on any atom is -0.467 e. The number of nitrogens with zero attached hydrogens (tertiary/aromatic N) is 2. The average molecular weight is 316 g/mol. The lowest BCUT2D eigenvalue weighted by Gasteiger charge is -2.22. The van der Waals surface area contributed by atoms with Crippen LogP contribution in [0.15, 0.2) is 27.3 Å².